The van der Waals surface area contributed by atoms with Gasteiger partial charge in [-0.1, -0.05) is 33.6 Å². The second-order valence-electron chi connectivity index (χ2n) is 8.18. The molecule has 1 heterocycles. The number of ether oxygens (including phenoxy) is 1. The highest BCUT2D eigenvalue weighted by Crippen LogP contribution is 2.35. The van der Waals surface area contributed by atoms with Crippen LogP contribution in [0.25, 0.3) is 10.1 Å². The molecule has 0 saturated heterocycles. The molecule has 4 aromatic rings. The number of amides is 1. The van der Waals surface area contributed by atoms with E-state index < -0.39 is 14.9 Å². The van der Waals surface area contributed by atoms with E-state index in [9.17, 15) is 13.2 Å². The summed E-state index contributed by atoms with van der Waals surface area (Å²) in [4.78, 5) is 13.5. The van der Waals surface area contributed by atoms with Gasteiger partial charge in [0.15, 0.2) is 0 Å². The van der Waals surface area contributed by atoms with Gasteiger partial charge in [-0.15, -0.1) is 11.3 Å². The lowest BCUT2D eigenvalue weighted by molar-refractivity contribution is 0.103. The zero-order chi connectivity index (χ0) is 25.4. The predicted octanol–water partition coefficient (Wildman–Crippen LogP) is 7.57. The van der Waals surface area contributed by atoms with Crippen molar-refractivity contribution < 1.29 is 22.1 Å². The van der Waals surface area contributed by atoms with E-state index in [4.69, 9.17) is 20.5 Å². The lowest BCUT2D eigenvalue weighted by Crippen LogP contribution is -2.30. The minimum atomic E-state index is -3.80. The molecule has 1 amide bonds. The Balaban J connectivity index is 1.57. The van der Waals surface area contributed by atoms with Crippen molar-refractivity contribution in [3.63, 3.8) is 0 Å². The first kappa shape index (κ1) is 25.7. The third kappa shape index (κ3) is 5.54. The lowest BCUT2D eigenvalue weighted by atomic mass is 10.0. The Bertz CT molecular complexity index is 1510. The van der Waals surface area contributed by atoms with Crippen molar-refractivity contribution >= 4 is 70.7 Å². The number of anilines is 1. The maximum atomic E-state index is 13.0. The van der Waals surface area contributed by atoms with Crippen LogP contribution < -0.4 is 10.1 Å². The lowest BCUT2D eigenvalue weighted by Gasteiger charge is -2.23. The quantitative estimate of drug-likeness (QED) is 0.223. The minimum Gasteiger partial charge on any atom is -0.457 e. The molecular formula is C25H21BrClNO5S2. The summed E-state index contributed by atoms with van der Waals surface area (Å²) < 4.78 is 35.7. The highest BCUT2D eigenvalue weighted by Gasteiger charge is 2.36. The molecule has 6 nitrogen and oxygen atoms in total. The summed E-state index contributed by atoms with van der Waals surface area (Å²) in [6, 6.07) is 19.3. The highest BCUT2D eigenvalue weighted by atomic mass is 79.9. The number of hydrogen-bond acceptors (Lipinski definition) is 6. The Morgan fingerprint density at radius 3 is 2.40 bits per heavy atom. The molecule has 0 aliphatic carbocycles. The molecular weight excluding hydrogens is 574 g/mol. The molecule has 10 heteroatoms. The van der Waals surface area contributed by atoms with Gasteiger partial charge in [-0.2, -0.15) is 8.42 Å². The molecule has 35 heavy (non-hydrogen) atoms. The van der Waals surface area contributed by atoms with Gasteiger partial charge in [-0.25, -0.2) is 0 Å². The smallest absolute Gasteiger partial charge is 0.276 e. The third-order valence-corrected chi connectivity index (χ3v) is 9.21. The maximum Gasteiger partial charge on any atom is 0.276 e. The summed E-state index contributed by atoms with van der Waals surface area (Å²) in [7, 11) is -2.65. The van der Waals surface area contributed by atoms with E-state index in [1.54, 1.807) is 74.5 Å². The van der Waals surface area contributed by atoms with Gasteiger partial charge in [0.1, 0.15) is 16.2 Å². The van der Waals surface area contributed by atoms with Gasteiger partial charge < -0.3 is 10.1 Å². The first-order valence-corrected chi connectivity index (χ1v) is 13.8. The fourth-order valence-electron chi connectivity index (χ4n) is 3.41. The molecule has 0 radical (unpaired) electrons. The summed E-state index contributed by atoms with van der Waals surface area (Å²) in [6.07, 6.45) is 0. The summed E-state index contributed by atoms with van der Waals surface area (Å²) in [6.45, 7) is 3.17. The third-order valence-electron chi connectivity index (χ3n) is 5.46. The summed E-state index contributed by atoms with van der Waals surface area (Å²) >= 11 is 10.7. The molecule has 1 aromatic heterocycles. The Hall–Kier alpha value is -2.43. The van der Waals surface area contributed by atoms with Crippen LogP contribution in [0, 0.1) is 0 Å². The van der Waals surface area contributed by atoms with Crippen molar-refractivity contribution in [2.75, 3.05) is 12.4 Å². The average molecular weight is 595 g/mol. The molecule has 0 atom stereocenters. The molecule has 0 unspecified atom stereocenters. The number of carbonyl (C=O) groups is 1. The minimum absolute atomic E-state index is 0.285. The second kappa shape index (κ2) is 9.91. The van der Waals surface area contributed by atoms with Crippen molar-refractivity contribution in [3.05, 3.63) is 86.7 Å². The number of thiophene rings is 1. The van der Waals surface area contributed by atoms with Crippen molar-refractivity contribution in [2.24, 2.45) is 0 Å². The number of hydrogen-bond donors (Lipinski definition) is 1. The molecule has 4 rings (SSSR count). The van der Waals surface area contributed by atoms with Gasteiger partial charge in [-0.3, -0.25) is 8.98 Å². The van der Waals surface area contributed by atoms with E-state index in [2.05, 4.69) is 21.2 Å². The molecule has 1 N–H and O–H groups in total. The maximum absolute atomic E-state index is 13.0. The van der Waals surface area contributed by atoms with Crippen LogP contribution in [0.2, 0.25) is 5.02 Å². The number of nitrogens with one attached hydrogen (secondary N) is 1. The van der Waals surface area contributed by atoms with Gasteiger partial charge in [0.05, 0.1) is 12.0 Å². The molecule has 0 saturated carbocycles. The fraction of sp³-hybridized carbons (Fsp3) is 0.160. The summed E-state index contributed by atoms with van der Waals surface area (Å²) in [5, 5.41) is 4.28. The molecule has 0 bridgehead atoms. The average Bonchev–Trinajstić information content (AvgIpc) is 3.24. The Kier molecular flexibility index (Phi) is 7.26. The zero-order valence-electron chi connectivity index (χ0n) is 19.0. The van der Waals surface area contributed by atoms with Crippen molar-refractivity contribution in [2.45, 2.75) is 18.6 Å². The Labute approximate surface area is 221 Å². The first-order chi connectivity index (χ1) is 16.5. The van der Waals surface area contributed by atoms with Crippen LogP contribution in [0.15, 0.2) is 71.2 Å². The normalized spacial score (nSPS) is 12.0. The van der Waals surface area contributed by atoms with E-state index in [0.717, 1.165) is 21.7 Å². The van der Waals surface area contributed by atoms with E-state index in [1.165, 1.54) is 11.3 Å². The van der Waals surface area contributed by atoms with Crippen LogP contribution in [0.4, 0.5) is 5.69 Å². The number of rotatable bonds is 7. The SMILES string of the molecule is COS(=O)(=O)C(C)(C)c1ccc2sc(C(=O)Nc3cc(Br)cc(Oc4ccc(Cl)cc4)c3)cc2c1. The standard InChI is InChI=1S/C25H21BrClNO5S2/c1-25(2,35(30,31)32-3)16-4-9-22-15(10-16)11-23(34-22)24(29)28-19-12-17(26)13-21(14-19)33-20-7-5-18(27)6-8-20/h4-14H,1-3H3,(H,28,29). The molecule has 0 aliphatic rings. The Morgan fingerprint density at radius 2 is 1.71 bits per heavy atom. The summed E-state index contributed by atoms with van der Waals surface area (Å²) in [5.41, 5.74) is 1.13. The monoisotopic (exact) mass is 593 g/mol. The van der Waals surface area contributed by atoms with E-state index in [1.807, 2.05) is 6.07 Å². The molecule has 0 fully saturated rings. The van der Waals surface area contributed by atoms with Gasteiger partial charge in [0, 0.05) is 25.9 Å². The van der Waals surface area contributed by atoms with Crippen molar-refractivity contribution in [1.29, 1.82) is 0 Å². The second-order valence-corrected chi connectivity index (χ2v) is 12.9. The first-order valence-electron chi connectivity index (χ1n) is 10.4. The molecule has 3 aromatic carbocycles. The van der Waals surface area contributed by atoms with Crippen LogP contribution in [0.3, 0.4) is 0 Å². The van der Waals surface area contributed by atoms with Crippen molar-refractivity contribution in [3.8, 4) is 11.5 Å². The number of fused-ring (bicyclic) bond motifs is 1. The van der Waals surface area contributed by atoms with E-state index in [0.29, 0.717) is 32.6 Å². The molecule has 0 aliphatic heterocycles. The zero-order valence-corrected chi connectivity index (χ0v) is 22.9. The fourth-order valence-corrected chi connectivity index (χ4v) is 5.78. The van der Waals surface area contributed by atoms with Gasteiger partial charge in [0.25, 0.3) is 16.0 Å². The number of carbonyl (C=O) groups excluding carboxylic acids is 1. The van der Waals surface area contributed by atoms with Crippen LogP contribution >= 0.6 is 38.9 Å². The van der Waals surface area contributed by atoms with Crippen LogP contribution in [0.5, 0.6) is 11.5 Å². The largest absolute Gasteiger partial charge is 0.457 e. The Morgan fingerprint density at radius 1 is 1.00 bits per heavy atom. The molecule has 182 valence electrons. The number of benzene rings is 3. The van der Waals surface area contributed by atoms with Crippen molar-refractivity contribution in [1.82, 2.24) is 0 Å². The van der Waals surface area contributed by atoms with Crippen LogP contribution in [-0.4, -0.2) is 21.4 Å². The molecule has 0 spiro atoms. The van der Waals surface area contributed by atoms with Crippen LogP contribution in [-0.2, 0) is 19.0 Å². The predicted molar refractivity (Wildman–Crippen MR) is 144 cm³/mol. The van der Waals surface area contributed by atoms with E-state index >= 15 is 0 Å². The number of halogens is 2. The highest BCUT2D eigenvalue weighted by molar-refractivity contribution is 9.10. The van der Waals surface area contributed by atoms with Crippen LogP contribution in [0.1, 0.15) is 29.1 Å². The van der Waals surface area contributed by atoms with E-state index in [-0.39, 0.29) is 5.91 Å². The topological polar surface area (TPSA) is 81.7 Å². The van der Waals surface area contributed by atoms with Gasteiger partial charge in [0.2, 0.25) is 0 Å². The van der Waals surface area contributed by atoms with Gasteiger partial charge >= 0.3 is 0 Å². The van der Waals surface area contributed by atoms with Gasteiger partial charge in [-0.05, 0) is 79.4 Å². The summed E-state index contributed by atoms with van der Waals surface area (Å²) in [5.74, 6) is 0.870.